The molecule has 2 aliphatic rings. The zero-order chi connectivity index (χ0) is 25.2. The van der Waals surface area contributed by atoms with Crippen LogP contribution in [0.15, 0.2) is 121 Å². The van der Waals surface area contributed by atoms with Crippen LogP contribution in [0, 0.1) is 0 Å². The highest BCUT2D eigenvalue weighted by Crippen LogP contribution is 2.43. The zero-order valence-electron chi connectivity index (χ0n) is 22.0. The van der Waals surface area contributed by atoms with Gasteiger partial charge in [0.25, 0.3) is 0 Å². The summed E-state index contributed by atoms with van der Waals surface area (Å²) in [6, 6.07) is 42.6. The third-order valence-corrected chi connectivity index (χ3v) is 8.00. The molecular formula is C35H40N2. The molecule has 0 bridgehead atoms. The van der Waals surface area contributed by atoms with Crippen molar-refractivity contribution in [2.75, 3.05) is 18.0 Å². The van der Waals surface area contributed by atoms with E-state index in [1.807, 2.05) is 18.2 Å². The Balaban J connectivity index is 0.000000152. The molecule has 37 heavy (non-hydrogen) atoms. The van der Waals surface area contributed by atoms with Gasteiger partial charge in [0, 0.05) is 22.6 Å². The summed E-state index contributed by atoms with van der Waals surface area (Å²) in [4.78, 5) is 5.06. The van der Waals surface area contributed by atoms with Crippen LogP contribution in [0.5, 0.6) is 0 Å². The lowest BCUT2D eigenvalue weighted by molar-refractivity contribution is 0.0303. The highest BCUT2D eigenvalue weighted by atomic mass is 15.2. The van der Waals surface area contributed by atoms with Crippen LogP contribution in [0.2, 0.25) is 0 Å². The first-order chi connectivity index (χ1) is 18.4. The number of likely N-dealkylation sites (tertiary alicyclic amines) is 1. The van der Waals surface area contributed by atoms with E-state index in [-0.39, 0.29) is 0 Å². The molecule has 4 aromatic rings. The number of anilines is 3. The average Bonchev–Trinajstić information content (AvgIpc) is 3.01. The summed E-state index contributed by atoms with van der Waals surface area (Å²) in [5, 5.41) is 0. The lowest BCUT2D eigenvalue weighted by Gasteiger charge is -2.48. The van der Waals surface area contributed by atoms with Crippen molar-refractivity contribution in [3.63, 3.8) is 0 Å². The Labute approximate surface area is 223 Å². The maximum atomic E-state index is 2.81. The number of rotatable bonds is 5. The van der Waals surface area contributed by atoms with E-state index in [0.717, 1.165) is 0 Å². The Hall–Kier alpha value is -3.36. The van der Waals surface area contributed by atoms with Gasteiger partial charge in [0.15, 0.2) is 0 Å². The Morgan fingerprint density at radius 3 is 1.24 bits per heavy atom. The summed E-state index contributed by atoms with van der Waals surface area (Å²) in [6.07, 6.45) is 11.2. The van der Waals surface area contributed by atoms with Crippen molar-refractivity contribution in [3.05, 3.63) is 127 Å². The SMILES string of the molecule is c1ccc(C2(N3CCCCC3)CCCCC2)cc1.c1ccc(N(c2ccccc2)c2ccccc2)cc1. The first-order valence-corrected chi connectivity index (χ1v) is 14.1. The molecule has 2 nitrogen and oxygen atoms in total. The third kappa shape index (κ3) is 6.14. The second kappa shape index (κ2) is 12.7. The maximum Gasteiger partial charge on any atom is 0.0461 e. The molecule has 190 valence electrons. The number of nitrogens with zero attached hydrogens (tertiary/aromatic N) is 2. The molecular weight excluding hydrogens is 448 g/mol. The van der Waals surface area contributed by atoms with Crippen molar-refractivity contribution >= 4 is 17.1 Å². The summed E-state index contributed by atoms with van der Waals surface area (Å²) in [7, 11) is 0. The molecule has 0 unspecified atom stereocenters. The van der Waals surface area contributed by atoms with Crippen molar-refractivity contribution in [2.24, 2.45) is 0 Å². The number of para-hydroxylation sites is 3. The van der Waals surface area contributed by atoms with Crippen LogP contribution >= 0.6 is 0 Å². The van der Waals surface area contributed by atoms with E-state index in [0.29, 0.717) is 5.54 Å². The van der Waals surface area contributed by atoms with E-state index in [2.05, 4.69) is 113 Å². The molecule has 6 rings (SSSR count). The second-order valence-electron chi connectivity index (χ2n) is 10.3. The fourth-order valence-corrected chi connectivity index (χ4v) is 6.17. The molecule has 1 aliphatic heterocycles. The molecule has 0 radical (unpaired) electrons. The van der Waals surface area contributed by atoms with Gasteiger partial charge in [0.1, 0.15) is 0 Å². The summed E-state index contributed by atoms with van der Waals surface area (Å²) in [5.41, 5.74) is 5.45. The van der Waals surface area contributed by atoms with Gasteiger partial charge in [-0.2, -0.15) is 0 Å². The first-order valence-electron chi connectivity index (χ1n) is 14.1. The van der Waals surface area contributed by atoms with Crippen molar-refractivity contribution in [1.29, 1.82) is 0 Å². The van der Waals surface area contributed by atoms with Gasteiger partial charge in [0.2, 0.25) is 0 Å². The molecule has 1 saturated carbocycles. The number of benzene rings is 4. The molecule has 2 fully saturated rings. The summed E-state index contributed by atoms with van der Waals surface area (Å²) >= 11 is 0. The van der Waals surface area contributed by atoms with E-state index >= 15 is 0 Å². The molecule has 1 saturated heterocycles. The van der Waals surface area contributed by atoms with Crippen LogP contribution in [0.1, 0.15) is 56.9 Å². The molecule has 4 aromatic carbocycles. The van der Waals surface area contributed by atoms with Crippen LogP contribution in [0.25, 0.3) is 0 Å². The van der Waals surface area contributed by atoms with Gasteiger partial charge in [0.05, 0.1) is 0 Å². The molecule has 1 aliphatic carbocycles. The van der Waals surface area contributed by atoms with Crippen molar-refractivity contribution in [3.8, 4) is 0 Å². The number of hydrogen-bond acceptors (Lipinski definition) is 2. The summed E-state index contributed by atoms with van der Waals surface area (Å²) < 4.78 is 0. The monoisotopic (exact) mass is 488 g/mol. The Morgan fingerprint density at radius 1 is 0.432 bits per heavy atom. The Kier molecular flexibility index (Phi) is 8.71. The summed E-state index contributed by atoms with van der Waals surface area (Å²) in [6.45, 7) is 2.63. The molecule has 1 heterocycles. The van der Waals surface area contributed by atoms with Gasteiger partial charge < -0.3 is 4.90 Å². The number of piperidine rings is 1. The minimum absolute atomic E-state index is 0.375. The Morgan fingerprint density at radius 2 is 0.811 bits per heavy atom. The topological polar surface area (TPSA) is 6.48 Å². The van der Waals surface area contributed by atoms with Gasteiger partial charge in [-0.15, -0.1) is 0 Å². The summed E-state index contributed by atoms with van der Waals surface area (Å²) in [5.74, 6) is 0. The predicted molar refractivity (Wildman–Crippen MR) is 158 cm³/mol. The standard InChI is InChI=1S/C18H15N.C17H25N/c1-4-10-16(11-5-1)19(17-12-6-2-7-13-17)18-14-8-3-9-15-18;1-4-10-16(11-5-1)17(12-6-2-7-13-17)18-14-8-3-9-15-18/h1-15H;1,4-5,10-11H,2-3,6-9,12-15H2. The van der Waals surface area contributed by atoms with E-state index in [1.54, 1.807) is 5.56 Å². The minimum atomic E-state index is 0.375. The molecule has 2 heteroatoms. The smallest absolute Gasteiger partial charge is 0.0461 e. The average molecular weight is 489 g/mol. The van der Waals surface area contributed by atoms with Gasteiger partial charge in [-0.3, -0.25) is 4.90 Å². The van der Waals surface area contributed by atoms with Gasteiger partial charge >= 0.3 is 0 Å². The zero-order valence-corrected chi connectivity index (χ0v) is 22.0. The molecule has 0 amide bonds. The molecule has 0 spiro atoms. The quantitative estimate of drug-likeness (QED) is 0.276. The largest absolute Gasteiger partial charge is 0.311 e. The van der Waals surface area contributed by atoms with Crippen LogP contribution in [0.4, 0.5) is 17.1 Å². The molecule has 0 atom stereocenters. The fourth-order valence-electron chi connectivity index (χ4n) is 6.17. The highest BCUT2D eigenvalue weighted by Gasteiger charge is 2.39. The van der Waals surface area contributed by atoms with Gasteiger partial charge in [-0.05, 0) is 80.7 Å². The van der Waals surface area contributed by atoms with Crippen LogP contribution in [-0.4, -0.2) is 18.0 Å². The van der Waals surface area contributed by atoms with E-state index in [9.17, 15) is 0 Å². The third-order valence-electron chi connectivity index (χ3n) is 8.00. The minimum Gasteiger partial charge on any atom is -0.311 e. The van der Waals surface area contributed by atoms with Crippen LogP contribution in [0.3, 0.4) is 0 Å². The van der Waals surface area contributed by atoms with E-state index in [4.69, 9.17) is 0 Å². The van der Waals surface area contributed by atoms with Crippen molar-refractivity contribution in [2.45, 2.75) is 56.9 Å². The second-order valence-corrected chi connectivity index (χ2v) is 10.3. The van der Waals surface area contributed by atoms with E-state index in [1.165, 1.54) is 81.5 Å². The Bertz CT molecular complexity index is 1070. The van der Waals surface area contributed by atoms with Crippen molar-refractivity contribution < 1.29 is 0 Å². The highest BCUT2D eigenvalue weighted by molar-refractivity contribution is 5.76. The lowest BCUT2D eigenvalue weighted by Crippen LogP contribution is -2.49. The maximum absolute atomic E-state index is 2.81. The number of hydrogen-bond donors (Lipinski definition) is 0. The van der Waals surface area contributed by atoms with Crippen LogP contribution in [-0.2, 0) is 5.54 Å². The fraction of sp³-hybridized carbons (Fsp3) is 0.314. The van der Waals surface area contributed by atoms with Crippen LogP contribution < -0.4 is 4.90 Å². The van der Waals surface area contributed by atoms with Gasteiger partial charge in [-0.1, -0.05) is 111 Å². The first kappa shape index (κ1) is 25.3. The molecule has 0 aromatic heterocycles. The predicted octanol–water partition coefficient (Wildman–Crippen LogP) is 9.49. The molecule has 0 N–H and O–H groups in total. The van der Waals surface area contributed by atoms with E-state index < -0.39 is 0 Å². The van der Waals surface area contributed by atoms with Gasteiger partial charge in [-0.25, -0.2) is 0 Å². The lowest BCUT2D eigenvalue weighted by atomic mass is 9.74. The normalized spacial score (nSPS) is 17.3. The van der Waals surface area contributed by atoms with Crippen molar-refractivity contribution in [1.82, 2.24) is 4.90 Å².